The van der Waals surface area contributed by atoms with Crippen molar-refractivity contribution in [1.82, 2.24) is 15.8 Å². The minimum Gasteiger partial charge on any atom is -0.317 e. The van der Waals surface area contributed by atoms with Crippen LogP contribution < -0.4 is 16.4 Å². The van der Waals surface area contributed by atoms with Crippen LogP contribution in [0.15, 0.2) is 63.9 Å². The number of aromatic nitrogens is 1. The summed E-state index contributed by atoms with van der Waals surface area (Å²) in [7, 11) is 0. The first-order valence-electron chi connectivity index (χ1n) is 7.03. The van der Waals surface area contributed by atoms with Crippen molar-refractivity contribution in [3.63, 3.8) is 0 Å². The first kappa shape index (κ1) is 15.9. The molecule has 120 valence electrons. The summed E-state index contributed by atoms with van der Waals surface area (Å²) < 4.78 is 0.607. The Hall–Kier alpha value is -2.93. The number of halogens is 1. The highest BCUT2D eigenvalue weighted by Gasteiger charge is 2.13. The van der Waals surface area contributed by atoms with Crippen molar-refractivity contribution in [1.29, 1.82) is 0 Å². The second-order valence-electron chi connectivity index (χ2n) is 4.99. The molecule has 24 heavy (non-hydrogen) atoms. The number of pyridine rings is 1. The van der Waals surface area contributed by atoms with Gasteiger partial charge in [0.2, 0.25) is 0 Å². The Morgan fingerprint density at radius 2 is 1.58 bits per heavy atom. The highest BCUT2D eigenvalue weighted by molar-refractivity contribution is 9.10. The van der Waals surface area contributed by atoms with Crippen LogP contribution in [0.3, 0.4) is 0 Å². The predicted octanol–water partition coefficient (Wildman–Crippen LogP) is 2.37. The fourth-order valence-electron chi connectivity index (χ4n) is 2.23. The number of hydrogen-bond acceptors (Lipinski definition) is 3. The van der Waals surface area contributed by atoms with E-state index in [1.165, 1.54) is 0 Å². The van der Waals surface area contributed by atoms with Crippen molar-refractivity contribution in [3.05, 3.63) is 80.7 Å². The average molecular weight is 386 g/mol. The quantitative estimate of drug-likeness (QED) is 0.591. The van der Waals surface area contributed by atoms with Gasteiger partial charge in [-0.3, -0.25) is 25.2 Å². The Morgan fingerprint density at radius 3 is 2.38 bits per heavy atom. The van der Waals surface area contributed by atoms with Crippen LogP contribution in [-0.2, 0) is 0 Å². The molecule has 0 saturated carbocycles. The third-order valence-corrected chi connectivity index (χ3v) is 4.10. The Bertz CT molecular complexity index is 998. The van der Waals surface area contributed by atoms with E-state index >= 15 is 0 Å². The lowest BCUT2D eigenvalue weighted by Crippen LogP contribution is -2.42. The Labute approximate surface area is 145 Å². The molecule has 0 bridgehead atoms. The molecule has 0 radical (unpaired) electrons. The first-order chi connectivity index (χ1) is 11.6. The van der Waals surface area contributed by atoms with Crippen molar-refractivity contribution >= 4 is 38.5 Å². The van der Waals surface area contributed by atoms with Gasteiger partial charge in [0.05, 0.1) is 5.56 Å². The molecule has 2 amide bonds. The highest BCUT2D eigenvalue weighted by Crippen LogP contribution is 2.15. The van der Waals surface area contributed by atoms with E-state index < -0.39 is 11.8 Å². The van der Waals surface area contributed by atoms with Gasteiger partial charge in [-0.25, -0.2) is 0 Å². The zero-order chi connectivity index (χ0) is 17.1. The summed E-state index contributed by atoms with van der Waals surface area (Å²) in [5.74, 6) is -1.09. The Kier molecular flexibility index (Phi) is 4.43. The third kappa shape index (κ3) is 3.21. The van der Waals surface area contributed by atoms with Crippen molar-refractivity contribution in [2.75, 3.05) is 0 Å². The largest absolute Gasteiger partial charge is 0.317 e. The smallest absolute Gasteiger partial charge is 0.286 e. The molecule has 0 atom stereocenters. The molecule has 0 unspecified atom stereocenters. The van der Waals surface area contributed by atoms with Crippen molar-refractivity contribution in [2.45, 2.75) is 0 Å². The molecule has 3 rings (SSSR count). The zero-order valence-corrected chi connectivity index (χ0v) is 13.9. The van der Waals surface area contributed by atoms with Crippen LogP contribution in [-0.4, -0.2) is 16.8 Å². The summed E-state index contributed by atoms with van der Waals surface area (Å²) in [6.07, 6.45) is 0. The van der Waals surface area contributed by atoms with Crippen LogP contribution in [0.2, 0.25) is 0 Å². The van der Waals surface area contributed by atoms with Gasteiger partial charge >= 0.3 is 0 Å². The number of hydrazine groups is 1. The molecule has 7 heteroatoms. The number of hydrogen-bond donors (Lipinski definition) is 3. The van der Waals surface area contributed by atoms with Crippen molar-refractivity contribution < 1.29 is 9.59 Å². The second-order valence-corrected chi connectivity index (χ2v) is 5.84. The first-order valence-corrected chi connectivity index (χ1v) is 7.83. The molecule has 0 saturated heterocycles. The van der Waals surface area contributed by atoms with Crippen LogP contribution in [0, 0.1) is 0 Å². The van der Waals surface area contributed by atoms with Crippen LogP contribution in [0.1, 0.15) is 20.8 Å². The monoisotopic (exact) mass is 385 g/mol. The molecule has 2 aromatic carbocycles. The number of fused-ring (bicyclic) bond motifs is 1. The summed E-state index contributed by atoms with van der Waals surface area (Å²) in [4.78, 5) is 38.7. The third-order valence-electron chi connectivity index (χ3n) is 3.41. The van der Waals surface area contributed by atoms with E-state index in [0.29, 0.717) is 20.8 Å². The van der Waals surface area contributed by atoms with Crippen LogP contribution in [0.5, 0.6) is 0 Å². The van der Waals surface area contributed by atoms with Crippen LogP contribution in [0.4, 0.5) is 0 Å². The van der Waals surface area contributed by atoms with E-state index in [1.54, 1.807) is 54.6 Å². The fraction of sp³-hybridized carbons (Fsp3) is 0. The fourth-order valence-corrected chi connectivity index (χ4v) is 2.69. The molecule has 3 aromatic rings. The van der Waals surface area contributed by atoms with E-state index in [0.717, 1.165) is 0 Å². The van der Waals surface area contributed by atoms with Gasteiger partial charge in [0, 0.05) is 9.86 Å². The van der Waals surface area contributed by atoms with E-state index in [9.17, 15) is 14.4 Å². The number of carbonyl (C=O) groups is 2. The normalized spacial score (nSPS) is 10.4. The topological polar surface area (TPSA) is 91.1 Å². The Morgan fingerprint density at radius 1 is 0.917 bits per heavy atom. The molecular weight excluding hydrogens is 374 g/mol. The highest BCUT2D eigenvalue weighted by atomic mass is 79.9. The number of carbonyl (C=O) groups excluding carboxylic acids is 2. The lowest BCUT2D eigenvalue weighted by molar-refractivity contribution is 0.0843. The molecule has 0 aliphatic rings. The van der Waals surface area contributed by atoms with Gasteiger partial charge < -0.3 is 4.98 Å². The molecule has 6 nitrogen and oxygen atoms in total. The lowest BCUT2D eigenvalue weighted by atomic mass is 10.1. The van der Waals surface area contributed by atoms with Gasteiger partial charge in [-0.2, -0.15) is 0 Å². The van der Waals surface area contributed by atoms with E-state index in [2.05, 4.69) is 31.8 Å². The number of nitrogens with one attached hydrogen (secondary N) is 3. The Balaban J connectivity index is 1.77. The van der Waals surface area contributed by atoms with Gasteiger partial charge in [0.15, 0.2) is 0 Å². The van der Waals surface area contributed by atoms with E-state index in [4.69, 9.17) is 0 Å². The van der Waals surface area contributed by atoms with Crippen molar-refractivity contribution in [2.24, 2.45) is 0 Å². The predicted molar refractivity (Wildman–Crippen MR) is 93.6 cm³/mol. The summed E-state index contributed by atoms with van der Waals surface area (Å²) in [6, 6.07) is 15.3. The molecule has 1 heterocycles. The molecule has 0 fully saturated rings. The summed E-state index contributed by atoms with van der Waals surface area (Å²) >= 11 is 3.26. The SMILES string of the molecule is O=C(NNC(=O)c1ccccc1Br)c1cc2ccccc2c(=O)[nH]1. The average Bonchev–Trinajstić information content (AvgIpc) is 2.59. The lowest BCUT2D eigenvalue weighted by Gasteiger charge is -2.09. The molecule has 1 aromatic heterocycles. The summed E-state index contributed by atoms with van der Waals surface area (Å²) in [5.41, 5.74) is 4.68. The molecular formula is C17H12BrN3O3. The minimum absolute atomic E-state index is 0.0612. The molecule has 0 aliphatic carbocycles. The maximum Gasteiger partial charge on any atom is 0.286 e. The number of benzene rings is 2. The number of aromatic amines is 1. The maximum atomic E-state index is 12.2. The van der Waals surface area contributed by atoms with Gasteiger partial charge in [-0.1, -0.05) is 30.3 Å². The number of H-pyrrole nitrogens is 1. The van der Waals surface area contributed by atoms with Crippen molar-refractivity contribution in [3.8, 4) is 0 Å². The second kappa shape index (κ2) is 6.67. The zero-order valence-electron chi connectivity index (χ0n) is 12.3. The van der Waals surface area contributed by atoms with Crippen LogP contribution >= 0.6 is 15.9 Å². The van der Waals surface area contributed by atoms with Gasteiger partial charge in [-0.05, 0) is 45.6 Å². The summed E-state index contributed by atoms with van der Waals surface area (Å²) in [6.45, 7) is 0. The standard InChI is InChI=1S/C17H12BrN3O3/c18-13-8-4-3-7-12(13)16(23)20-21-17(24)14-9-10-5-1-2-6-11(10)15(22)19-14/h1-9H,(H,19,22)(H,20,23)(H,21,24). The molecule has 0 spiro atoms. The molecule has 3 N–H and O–H groups in total. The number of amides is 2. The van der Waals surface area contributed by atoms with Crippen LogP contribution in [0.25, 0.3) is 10.8 Å². The minimum atomic E-state index is -0.613. The summed E-state index contributed by atoms with van der Waals surface area (Å²) in [5, 5.41) is 1.13. The van der Waals surface area contributed by atoms with Gasteiger partial charge in [0.1, 0.15) is 5.69 Å². The number of rotatable bonds is 2. The van der Waals surface area contributed by atoms with E-state index in [1.807, 2.05) is 0 Å². The van der Waals surface area contributed by atoms with E-state index in [-0.39, 0.29) is 11.3 Å². The maximum absolute atomic E-state index is 12.2. The van der Waals surface area contributed by atoms with Gasteiger partial charge in [-0.15, -0.1) is 0 Å². The van der Waals surface area contributed by atoms with Gasteiger partial charge in [0.25, 0.3) is 17.4 Å². The molecule has 0 aliphatic heterocycles.